The van der Waals surface area contributed by atoms with E-state index in [4.69, 9.17) is 0 Å². The predicted molar refractivity (Wildman–Crippen MR) is 70.8 cm³/mol. The van der Waals surface area contributed by atoms with Crippen LogP contribution < -0.4 is 5.32 Å². The quantitative estimate of drug-likeness (QED) is 0.850. The number of hydrogen-bond acceptors (Lipinski definition) is 2. The molecule has 0 spiro atoms. The molecule has 1 heterocycles. The third-order valence-electron chi connectivity index (χ3n) is 4.00. The Kier molecular flexibility index (Phi) is 4.21. The van der Waals surface area contributed by atoms with Crippen LogP contribution in [-0.2, 0) is 6.54 Å². The van der Waals surface area contributed by atoms with Crippen LogP contribution >= 0.6 is 0 Å². The van der Waals surface area contributed by atoms with Crippen LogP contribution in [-0.4, -0.2) is 16.1 Å². The summed E-state index contributed by atoms with van der Waals surface area (Å²) in [4.78, 5) is 4.58. The largest absolute Gasteiger partial charge is 0.334 e. The molecule has 0 aromatic carbocycles. The summed E-state index contributed by atoms with van der Waals surface area (Å²) in [7, 11) is 0. The van der Waals surface area contributed by atoms with Crippen molar-refractivity contribution in [2.24, 2.45) is 11.8 Å². The molecule has 1 aliphatic carbocycles. The van der Waals surface area contributed by atoms with Gasteiger partial charge >= 0.3 is 0 Å². The number of rotatable bonds is 5. The van der Waals surface area contributed by atoms with Gasteiger partial charge in [-0.1, -0.05) is 20.3 Å². The Morgan fingerprint density at radius 3 is 2.88 bits per heavy atom. The fourth-order valence-corrected chi connectivity index (χ4v) is 3.11. The summed E-state index contributed by atoms with van der Waals surface area (Å²) in [6.07, 6.45) is 8.09. The van der Waals surface area contributed by atoms with E-state index in [2.05, 4.69) is 41.8 Å². The van der Waals surface area contributed by atoms with Crippen molar-refractivity contribution in [1.29, 1.82) is 0 Å². The third-order valence-corrected chi connectivity index (χ3v) is 4.00. The minimum absolute atomic E-state index is 0.444. The van der Waals surface area contributed by atoms with E-state index in [0.29, 0.717) is 6.04 Å². The van der Waals surface area contributed by atoms with E-state index in [1.165, 1.54) is 25.1 Å². The molecule has 0 aliphatic heterocycles. The molecular formula is C14H25N3. The number of imidazole rings is 1. The van der Waals surface area contributed by atoms with Crippen LogP contribution in [0.2, 0.25) is 0 Å². The Hall–Kier alpha value is -0.830. The number of nitrogens with one attached hydrogen (secondary N) is 1. The molecule has 1 fully saturated rings. The lowest BCUT2D eigenvalue weighted by Crippen LogP contribution is -2.29. The van der Waals surface area contributed by atoms with Gasteiger partial charge in [0.25, 0.3) is 0 Å². The zero-order valence-corrected chi connectivity index (χ0v) is 11.3. The van der Waals surface area contributed by atoms with Crippen LogP contribution in [0.5, 0.6) is 0 Å². The number of hydrogen-bond donors (Lipinski definition) is 1. The highest BCUT2D eigenvalue weighted by Crippen LogP contribution is 2.38. The standard InChI is InChI=1S/C14H25N3/c1-4-15-13(12-7-6-11(3)10-12)14-16-8-9-17(14)5-2/h8-9,11-13,15H,4-7,10H2,1-3H3. The summed E-state index contributed by atoms with van der Waals surface area (Å²) in [6, 6.07) is 0.444. The van der Waals surface area contributed by atoms with Gasteiger partial charge in [0.15, 0.2) is 0 Å². The maximum absolute atomic E-state index is 4.58. The molecule has 3 unspecified atom stereocenters. The lowest BCUT2D eigenvalue weighted by atomic mass is 9.96. The van der Waals surface area contributed by atoms with Crippen molar-refractivity contribution in [3.63, 3.8) is 0 Å². The third kappa shape index (κ3) is 2.71. The number of aromatic nitrogens is 2. The molecule has 0 bridgehead atoms. The first-order chi connectivity index (χ1) is 8.26. The van der Waals surface area contributed by atoms with Crippen LogP contribution in [0.3, 0.4) is 0 Å². The average Bonchev–Trinajstić information content (AvgIpc) is 2.94. The van der Waals surface area contributed by atoms with Gasteiger partial charge in [0.2, 0.25) is 0 Å². The van der Waals surface area contributed by atoms with Gasteiger partial charge in [-0.05, 0) is 38.1 Å². The maximum Gasteiger partial charge on any atom is 0.126 e. The molecule has 3 atom stereocenters. The summed E-state index contributed by atoms with van der Waals surface area (Å²) < 4.78 is 2.27. The molecule has 17 heavy (non-hydrogen) atoms. The van der Waals surface area contributed by atoms with Crippen LogP contribution in [0, 0.1) is 11.8 Å². The molecule has 0 saturated heterocycles. The second-order valence-corrected chi connectivity index (χ2v) is 5.29. The van der Waals surface area contributed by atoms with Crippen LogP contribution in [0.4, 0.5) is 0 Å². The van der Waals surface area contributed by atoms with Crippen LogP contribution in [0.25, 0.3) is 0 Å². The topological polar surface area (TPSA) is 29.9 Å². The number of aryl methyl sites for hydroxylation is 1. The summed E-state index contributed by atoms with van der Waals surface area (Å²) in [5.74, 6) is 2.87. The Morgan fingerprint density at radius 2 is 2.29 bits per heavy atom. The van der Waals surface area contributed by atoms with Gasteiger partial charge in [-0.25, -0.2) is 4.98 Å². The SMILES string of the molecule is CCNC(c1nccn1CC)C1CCC(C)C1. The molecule has 1 aromatic rings. The fourth-order valence-electron chi connectivity index (χ4n) is 3.11. The molecular weight excluding hydrogens is 210 g/mol. The molecule has 1 saturated carbocycles. The second kappa shape index (κ2) is 5.67. The van der Waals surface area contributed by atoms with Gasteiger partial charge in [-0.2, -0.15) is 0 Å². The van der Waals surface area contributed by atoms with E-state index in [-0.39, 0.29) is 0 Å². The van der Waals surface area contributed by atoms with Gasteiger partial charge in [-0.3, -0.25) is 0 Å². The van der Waals surface area contributed by atoms with Crippen molar-refractivity contribution < 1.29 is 0 Å². The van der Waals surface area contributed by atoms with Crippen molar-refractivity contribution >= 4 is 0 Å². The highest BCUT2D eigenvalue weighted by molar-refractivity contribution is 5.03. The predicted octanol–water partition coefficient (Wildman–Crippen LogP) is 2.99. The highest BCUT2D eigenvalue weighted by atomic mass is 15.1. The van der Waals surface area contributed by atoms with E-state index in [1.807, 2.05) is 6.20 Å². The second-order valence-electron chi connectivity index (χ2n) is 5.29. The molecule has 3 heteroatoms. The zero-order valence-electron chi connectivity index (χ0n) is 11.3. The summed E-state index contributed by atoms with van der Waals surface area (Å²) in [5.41, 5.74) is 0. The minimum Gasteiger partial charge on any atom is -0.334 e. The number of nitrogens with zero attached hydrogens (tertiary/aromatic N) is 2. The van der Waals surface area contributed by atoms with Gasteiger partial charge in [0.05, 0.1) is 6.04 Å². The van der Waals surface area contributed by atoms with Gasteiger partial charge in [0.1, 0.15) is 5.82 Å². The Morgan fingerprint density at radius 1 is 1.47 bits per heavy atom. The van der Waals surface area contributed by atoms with Gasteiger partial charge < -0.3 is 9.88 Å². The molecule has 3 nitrogen and oxygen atoms in total. The molecule has 1 aliphatic rings. The monoisotopic (exact) mass is 235 g/mol. The van der Waals surface area contributed by atoms with Crippen molar-refractivity contribution in [1.82, 2.24) is 14.9 Å². The van der Waals surface area contributed by atoms with Crippen molar-refractivity contribution in [3.05, 3.63) is 18.2 Å². The van der Waals surface area contributed by atoms with E-state index >= 15 is 0 Å². The summed E-state index contributed by atoms with van der Waals surface area (Å²) >= 11 is 0. The van der Waals surface area contributed by atoms with Crippen molar-refractivity contribution in [3.8, 4) is 0 Å². The van der Waals surface area contributed by atoms with Crippen molar-refractivity contribution in [2.45, 2.75) is 52.6 Å². The molecule has 1 aromatic heterocycles. The smallest absolute Gasteiger partial charge is 0.126 e. The fraction of sp³-hybridized carbons (Fsp3) is 0.786. The van der Waals surface area contributed by atoms with Gasteiger partial charge in [0, 0.05) is 18.9 Å². The van der Waals surface area contributed by atoms with Crippen LogP contribution in [0.15, 0.2) is 12.4 Å². The Balaban J connectivity index is 2.16. The Labute approximate surface area is 105 Å². The van der Waals surface area contributed by atoms with E-state index < -0.39 is 0 Å². The first-order valence-corrected chi connectivity index (χ1v) is 7.00. The van der Waals surface area contributed by atoms with Gasteiger partial charge in [-0.15, -0.1) is 0 Å². The Bertz CT molecular complexity index is 345. The van der Waals surface area contributed by atoms with Crippen LogP contribution in [0.1, 0.15) is 51.9 Å². The van der Waals surface area contributed by atoms with E-state index in [1.54, 1.807) is 0 Å². The molecule has 2 rings (SSSR count). The van der Waals surface area contributed by atoms with E-state index in [9.17, 15) is 0 Å². The van der Waals surface area contributed by atoms with E-state index in [0.717, 1.165) is 24.9 Å². The van der Waals surface area contributed by atoms with Crippen molar-refractivity contribution in [2.75, 3.05) is 6.54 Å². The molecule has 96 valence electrons. The molecule has 1 N–H and O–H groups in total. The first-order valence-electron chi connectivity index (χ1n) is 7.00. The normalized spacial score (nSPS) is 26.3. The minimum atomic E-state index is 0.444. The molecule has 0 amide bonds. The lowest BCUT2D eigenvalue weighted by molar-refractivity contribution is 0.342. The lowest BCUT2D eigenvalue weighted by Gasteiger charge is -2.24. The average molecular weight is 235 g/mol. The zero-order chi connectivity index (χ0) is 12.3. The first kappa shape index (κ1) is 12.6. The summed E-state index contributed by atoms with van der Waals surface area (Å²) in [5, 5.41) is 3.64. The highest BCUT2D eigenvalue weighted by Gasteiger charge is 2.31. The maximum atomic E-state index is 4.58. The molecule has 0 radical (unpaired) electrons. The summed E-state index contributed by atoms with van der Waals surface area (Å²) in [6.45, 7) is 8.77.